The standard InChI is InChI=1S/C6H3Br2NO2/c7-4-1-3(9-11)2-5(8)6(4)10/h1-2,10H/p-1. The predicted octanol–water partition coefficient (Wildman–Crippen LogP) is 2.68. The van der Waals surface area contributed by atoms with Gasteiger partial charge in [0.25, 0.3) is 0 Å². The van der Waals surface area contributed by atoms with Crippen LogP contribution in [0.5, 0.6) is 5.75 Å². The summed E-state index contributed by atoms with van der Waals surface area (Å²) < 4.78 is 0.669. The van der Waals surface area contributed by atoms with E-state index in [0.29, 0.717) is 8.95 Å². The molecule has 1 rings (SSSR count). The van der Waals surface area contributed by atoms with Crippen LogP contribution in [0.4, 0.5) is 5.69 Å². The van der Waals surface area contributed by atoms with Crippen LogP contribution in [0.15, 0.2) is 26.3 Å². The van der Waals surface area contributed by atoms with Gasteiger partial charge in [0.1, 0.15) is 5.69 Å². The molecular weight excluding hydrogens is 278 g/mol. The number of benzene rings is 1. The monoisotopic (exact) mass is 278 g/mol. The van der Waals surface area contributed by atoms with Crippen LogP contribution >= 0.6 is 31.9 Å². The van der Waals surface area contributed by atoms with Crippen molar-refractivity contribution in [2.24, 2.45) is 5.18 Å². The van der Waals surface area contributed by atoms with E-state index in [2.05, 4.69) is 37.0 Å². The highest BCUT2D eigenvalue weighted by Gasteiger charge is 1.98. The Bertz CT molecular complexity index is 278. The number of rotatable bonds is 1. The van der Waals surface area contributed by atoms with Crippen molar-refractivity contribution < 1.29 is 5.11 Å². The van der Waals surface area contributed by atoms with Gasteiger partial charge in [0.05, 0.1) is 0 Å². The lowest BCUT2D eigenvalue weighted by molar-refractivity contribution is -0.270. The zero-order valence-electron chi connectivity index (χ0n) is 5.17. The summed E-state index contributed by atoms with van der Waals surface area (Å²) in [6, 6.07) is 2.75. The third kappa shape index (κ3) is 1.78. The molecule has 0 aliphatic rings. The summed E-state index contributed by atoms with van der Waals surface area (Å²) in [5, 5.41) is 13.7. The fourth-order valence-electron chi connectivity index (χ4n) is 0.599. The summed E-state index contributed by atoms with van der Waals surface area (Å²) in [7, 11) is 0. The van der Waals surface area contributed by atoms with Gasteiger partial charge in [-0.1, -0.05) is 37.6 Å². The second kappa shape index (κ2) is 3.32. The zero-order valence-corrected chi connectivity index (χ0v) is 8.35. The minimum absolute atomic E-state index is 0.183. The maximum atomic E-state index is 11.0. The second-order valence-corrected chi connectivity index (χ2v) is 3.54. The van der Waals surface area contributed by atoms with Crippen molar-refractivity contribution >= 4 is 37.5 Å². The molecule has 0 bridgehead atoms. The van der Waals surface area contributed by atoms with E-state index in [1.54, 1.807) is 0 Å². The highest BCUT2D eigenvalue weighted by molar-refractivity contribution is 9.11. The quantitative estimate of drug-likeness (QED) is 0.742. The molecule has 11 heavy (non-hydrogen) atoms. The first-order chi connectivity index (χ1) is 5.15. The summed E-state index contributed by atoms with van der Waals surface area (Å²) in [5.74, 6) is -0.183. The Morgan fingerprint density at radius 3 is 2.09 bits per heavy atom. The smallest absolute Gasteiger partial charge is 0.110 e. The Morgan fingerprint density at radius 2 is 1.73 bits per heavy atom. The normalized spacial score (nSPS) is 9.64. The molecular formula is C6H2Br2NO2-. The van der Waals surface area contributed by atoms with Crippen molar-refractivity contribution in [1.82, 2.24) is 0 Å². The first-order valence-corrected chi connectivity index (χ1v) is 4.23. The second-order valence-electron chi connectivity index (χ2n) is 1.83. The van der Waals surface area contributed by atoms with Crippen molar-refractivity contribution in [3.8, 4) is 5.75 Å². The molecule has 5 heteroatoms. The topological polar surface area (TPSA) is 52.5 Å². The summed E-state index contributed by atoms with van der Waals surface area (Å²) in [4.78, 5) is 10.0. The van der Waals surface area contributed by atoms with E-state index in [4.69, 9.17) is 0 Å². The lowest BCUT2D eigenvalue weighted by Crippen LogP contribution is -1.91. The van der Waals surface area contributed by atoms with Gasteiger partial charge in [0, 0.05) is 8.95 Å². The Balaban J connectivity index is 3.31. The fraction of sp³-hybridized carbons (Fsp3) is 0. The van der Waals surface area contributed by atoms with Gasteiger partial charge < -0.3 is 5.11 Å². The van der Waals surface area contributed by atoms with E-state index in [0.717, 1.165) is 0 Å². The van der Waals surface area contributed by atoms with Gasteiger partial charge >= 0.3 is 0 Å². The van der Waals surface area contributed by atoms with Crippen LogP contribution in [0.25, 0.3) is 0 Å². The lowest BCUT2D eigenvalue weighted by atomic mass is 10.3. The highest BCUT2D eigenvalue weighted by atomic mass is 79.9. The van der Waals surface area contributed by atoms with Crippen LogP contribution < -0.4 is 5.11 Å². The largest absolute Gasteiger partial charge is 0.871 e. The number of nitrogens with zero attached hydrogens (tertiary/aromatic N) is 1. The molecule has 0 saturated heterocycles. The number of nitroso groups, excluding NO2 is 1. The molecule has 1 aromatic rings. The Labute approximate surface area is 79.7 Å². The molecule has 0 aromatic heterocycles. The van der Waals surface area contributed by atoms with Crippen molar-refractivity contribution in [3.05, 3.63) is 26.0 Å². The van der Waals surface area contributed by atoms with Crippen molar-refractivity contribution in [2.45, 2.75) is 0 Å². The summed E-state index contributed by atoms with van der Waals surface area (Å²) in [5.41, 5.74) is 0.225. The number of hydrogen-bond acceptors (Lipinski definition) is 3. The molecule has 0 aliphatic carbocycles. The van der Waals surface area contributed by atoms with Crippen molar-refractivity contribution in [2.75, 3.05) is 0 Å². The summed E-state index contributed by atoms with van der Waals surface area (Å²) in [6.45, 7) is 0. The van der Waals surface area contributed by atoms with Gasteiger partial charge in [-0.3, -0.25) is 0 Å². The molecule has 0 heterocycles. The van der Waals surface area contributed by atoms with Crippen LogP contribution in [-0.4, -0.2) is 0 Å². The van der Waals surface area contributed by atoms with Gasteiger partial charge in [-0.2, -0.15) is 0 Å². The van der Waals surface area contributed by atoms with Gasteiger partial charge in [-0.15, -0.1) is 4.91 Å². The Hall–Kier alpha value is -0.420. The maximum Gasteiger partial charge on any atom is 0.110 e. The van der Waals surface area contributed by atoms with Crippen LogP contribution in [-0.2, 0) is 0 Å². The van der Waals surface area contributed by atoms with Crippen LogP contribution in [0.2, 0.25) is 0 Å². The molecule has 0 spiro atoms. The Kier molecular flexibility index (Phi) is 2.62. The number of halogens is 2. The van der Waals surface area contributed by atoms with E-state index in [1.807, 2.05) is 0 Å². The van der Waals surface area contributed by atoms with Gasteiger partial charge in [0.15, 0.2) is 0 Å². The van der Waals surface area contributed by atoms with E-state index < -0.39 is 0 Å². The number of hydrogen-bond donors (Lipinski definition) is 0. The molecule has 0 aliphatic heterocycles. The fourth-order valence-corrected chi connectivity index (χ4v) is 1.76. The predicted molar refractivity (Wildman–Crippen MR) is 46.7 cm³/mol. The summed E-state index contributed by atoms with van der Waals surface area (Å²) in [6.07, 6.45) is 0. The molecule has 58 valence electrons. The third-order valence-electron chi connectivity index (χ3n) is 1.09. The van der Waals surface area contributed by atoms with E-state index in [1.165, 1.54) is 12.1 Å². The molecule has 0 atom stereocenters. The first-order valence-electron chi connectivity index (χ1n) is 2.64. The maximum absolute atomic E-state index is 11.0. The van der Waals surface area contributed by atoms with E-state index in [9.17, 15) is 10.0 Å². The zero-order chi connectivity index (χ0) is 8.43. The van der Waals surface area contributed by atoms with Crippen LogP contribution in [0.1, 0.15) is 0 Å². The molecule has 0 unspecified atom stereocenters. The first kappa shape index (κ1) is 8.67. The Morgan fingerprint density at radius 1 is 1.27 bits per heavy atom. The molecule has 0 amide bonds. The van der Waals surface area contributed by atoms with E-state index >= 15 is 0 Å². The average Bonchev–Trinajstić information content (AvgIpc) is 1.99. The third-order valence-corrected chi connectivity index (χ3v) is 2.27. The van der Waals surface area contributed by atoms with Crippen molar-refractivity contribution in [1.29, 1.82) is 0 Å². The van der Waals surface area contributed by atoms with E-state index in [-0.39, 0.29) is 11.4 Å². The van der Waals surface area contributed by atoms with Crippen LogP contribution in [0.3, 0.4) is 0 Å². The molecule has 3 nitrogen and oxygen atoms in total. The SMILES string of the molecule is O=Nc1cc(Br)c([O-])c(Br)c1. The minimum atomic E-state index is -0.183. The molecule has 0 saturated carbocycles. The van der Waals surface area contributed by atoms with Crippen LogP contribution in [0, 0.1) is 4.91 Å². The van der Waals surface area contributed by atoms with Gasteiger partial charge in [-0.25, -0.2) is 0 Å². The molecule has 0 fully saturated rings. The highest BCUT2D eigenvalue weighted by Crippen LogP contribution is 2.33. The van der Waals surface area contributed by atoms with Gasteiger partial charge in [-0.05, 0) is 17.3 Å². The molecule has 1 aromatic carbocycles. The lowest BCUT2D eigenvalue weighted by Gasteiger charge is -2.10. The van der Waals surface area contributed by atoms with Gasteiger partial charge in [0.2, 0.25) is 0 Å². The average molecular weight is 280 g/mol. The minimum Gasteiger partial charge on any atom is -0.871 e. The van der Waals surface area contributed by atoms with Crippen molar-refractivity contribution in [3.63, 3.8) is 0 Å². The molecule has 0 radical (unpaired) electrons. The summed E-state index contributed by atoms with van der Waals surface area (Å²) >= 11 is 5.99. The molecule has 0 N–H and O–H groups in total.